The van der Waals surface area contributed by atoms with Crippen LogP contribution in [-0.2, 0) is 6.42 Å². The lowest BCUT2D eigenvalue weighted by Crippen LogP contribution is -2.00. The highest BCUT2D eigenvalue weighted by Crippen LogP contribution is 2.31. The molecule has 0 N–H and O–H groups in total. The Kier molecular flexibility index (Phi) is 6.42. The zero-order valence-corrected chi connectivity index (χ0v) is 15.4. The second-order valence-corrected chi connectivity index (χ2v) is 6.59. The number of halogens is 1. The van der Waals surface area contributed by atoms with E-state index in [-0.39, 0.29) is 5.82 Å². The summed E-state index contributed by atoms with van der Waals surface area (Å²) in [4.78, 5) is 11.0. The first-order valence-electron chi connectivity index (χ1n) is 9.18. The standard InChI is InChI=1S/C23H23FO3/c1-17-8-9-18(15-21(17)24)6-3-2-4-12-26-23-11-10-19(16-25)14-20(23)22-7-5-13-27-22/h5,7-11,13-16H,2-4,6,12H2,1H3. The Labute approximate surface area is 158 Å². The molecule has 0 atom stereocenters. The van der Waals surface area contributed by atoms with Gasteiger partial charge in [0.15, 0.2) is 0 Å². The van der Waals surface area contributed by atoms with Crippen molar-refractivity contribution in [3.05, 3.63) is 77.3 Å². The number of benzene rings is 2. The van der Waals surface area contributed by atoms with Gasteiger partial charge in [-0.25, -0.2) is 4.39 Å². The van der Waals surface area contributed by atoms with Crippen molar-refractivity contribution in [3.8, 4) is 17.1 Å². The molecular weight excluding hydrogens is 343 g/mol. The van der Waals surface area contributed by atoms with Gasteiger partial charge in [0.2, 0.25) is 0 Å². The van der Waals surface area contributed by atoms with Crippen LogP contribution in [0.5, 0.6) is 5.75 Å². The lowest BCUT2D eigenvalue weighted by atomic mass is 10.1. The third-order valence-electron chi connectivity index (χ3n) is 4.53. The molecule has 27 heavy (non-hydrogen) atoms. The first kappa shape index (κ1) is 18.9. The Hall–Kier alpha value is -2.88. The number of carbonyl (C=O) groups excluding carboxylic acids is 1. The summed E-state index contributed by atoms with van der Waals surface area (Å²) in [6.45, 7) is 2.35. The summed E-state index contributed by atoms with van der Waals surface area (Å²) in [5, 5.41) is 0. The monoisotopic (exact) mass is 366 g/mol. The number of hydrogen-bond donors (Lipinski definition) is 0. The fourth-order valence-corrected chi connectivity index (χ4v) is 2.95. The summed E-state index contributed by atoms with van der Waals surface area (Å²) in [5.41, 5.74) is 3.07. The molecule has 0 bridgehead atoms. The molecule has 0 aliphatic carbocycles. The number of ether oxygens (including phenoxy) is 1. The molecule has 3 aromatic rings. The quantitative estimate of drug-likeness (QED) is 0.344. The maximum Gasteiger partial charge on any atom is 0.150 e. The molecule has 0 saturated carbocycles. The van der Waals surface area contributed by atoms with Gasteiger partial charge in [-0.2, -0.15) is 0 Å². The molecule has 140 valence electrons. The van der Waals surface area contributed by atoms with E-state index in [1.807, 2.05) is 18.2 Å². The molecule has 0 spiro atoms. The van der Waals surface area contributed by atoms with Crippen LogP contribution in [0.1, 0.15) is 40.7 Å². The van der Waals surface area contributed by atoms with E-state index in [0.717, 1.165) is 43.1 Å². The van der Waals surface area contributed by atoms with E-state index in [2.05, 4.69) is 0 Å². The van der Waals surface area contributed by atoms with Crippen molar-refractivity contribution in [2.24, 2.45) is 0 Å². The van der Waals surface area contributed by atoms with Crippen molar-refractivity contribution in [2.45, 2.75) is 32.6 Å². The van der Waals surface area contributed by atoms with E-state index in [1.165, 1.54) is 0 Å². The molecule has 0 aliphatic heterocycles. The molecule has 0 radical (unpaired) electrons. The first-order chi connectivity index (χ1) is 13.2. The Morgan fingerprint density at radius 3 is 2.70 bits per heavy atom. The molecule has 4 heteroatoms. The maximum absolute atomic E-state index is 13.6. The lowest BCUT2D eigenvalue weighted by molar-refractivity contribution is 0.112. The van der Waals surface area contributed by atoms with Gasteiger partial charge >= 0.3 is 0 Å². The van der Waals surface area contributed by atoms with Crippen molar-refractivity contribution >= 4 is 6.29 Å². The van der Waals surface area contributed by atoms with Crippen LogP contribution in [0.2, 0.25) is 0 Å². The highest BCUT2D eigenvalue weighted by atomic mass is 19.1. The van der Waals surface area contributed by atoms with Crippen LogP contribution < -0.4 is 4.74 Å². The molecule has 1 heterocycles. The van der Waals surface area contributed by atoms with Gasteiger partial charge in [-0.1, -0.05) is 12.1 Å². The number of aryl methyl sites for hydroxylation is 2. The molecule has 3 nitrogen and oxygen atoms in total. The number of furan rings is 1. The van der Waals surface area contributed by atoms with E-state index < -0.39 is 0 Å². The van der Waals surface area contributed by atoms with Crippen LogP contribution in [0.4, 0.5) is 4.39 Å². The number of unbranched alkanes of at least 4 members (excludes halogenated alkanes) is 2. The summed E-state index contributed by atoms with van der Waals surface area (Å²) in [7, 11) is 0. The summed E-state index contributed by atoms with van der Waals surface area (Å²) in [6.07, 6.45) is 6.16. The SMILES string of the molecule is Cc1ccc(CCCCCOc2ccc(C=O)cc2-c2ccco2)cc1F. The second-order valence-electron chi connectivity index (χ2n) is 6.59. The van der Waals surface area contributed by atoms with Crippen molar-refractivity contribution in [1.82, 2.24) is 0 Å². The van der Waals surface area contributed by atoms with E-state index in [9.17, 15) is 9.18 Å². The van der Waals surface area contributed by atoms with Crippen molar-refractivity contribution < 1.29 is 18.3 Å². The molecular formula is C23H23FO3. The van der Waals surface area contributed by atoms with E-state index in [1.54, 1.807) is 43.5 Å². The minimum Gasteiger partial charge on any atom is -0.493 e. The van der Waals surface area contributed by atoms with Crippen LogP contribution in [-0.4, -0.2) is 12.9 Å². The maximum atomic E-state index is 13.6. The van der Waals surface area contributed by atoms with E-state index in [0.29, 0.717) is 29.2 Å². The van der Waals surface area contributed by atoms with Gasteiger partial charge in [0.1, 0.15) is 23.6 Å². The largest absolute Gasteiger partial charge is 0.493 e. The fourth-order valence-electron chi connectivity index (χ4n) is 2.95. The van der Waals surface area contributed by atoms with Gasteiger partial charge in [0.25, 0.3) is 0 Å². The molecule has 0 fully saturated rings. The molecule has 0 unspecified atom stereocenters. The van der Waals surface area contributed by atoms with Gasteiger partial charge < -0.3 is 9.15 Å². The summed E-state index contributed by atoms with van der Waals surface area (Å²) in [6, 6.07) is 14.4. The van der Waals surface area contributed by atoms with E-state index in [4.69, 9.17) is 9.15 Å². The predicted molar refractivity (Wildman–Crippen MR) is 104 cm³/mol. The van der Waals surface area contributed by atoms with Crippen LogP contribution in [0.25, 0.3) is 11.3 Å². The van der Waals surface area contributed by atoms with Gasteiger partial charge in [-0.05, 0) is 80.1 Å². The summed E-state index contributed by atoms with van der Waals surface area (Å²) < 4.78 is 24.9. The normalized spacial score (nSPS) is 10.7. The predicted octanol–water partition coefficient (Wildman–Crippen LogP) is 6.00. The fraction of sp³-hybridized carbons (Fsp3) is 0.261. The molecule has 1 aromatic heterocycles. The second kappa shape index (κ2) is 9.17. The molecule has 0 saturated heterocycles. The van der Waals surface area contributed by atoms with Gasteiger partial charge in [-0.15, -0.1) is 0 Å². The summed E-state index contributed by atoms with van der Waals surface area (Å²) in [5.74, 6) is 1.24. The minimum absolute atomic E-state index is 0.139. The van der Waals surface area contributed by atoms with Gasteiger partial charge in [0.05, 0.1) is 18.4 Å². The number of rotatable bonds is 9. The minimum atomic E-state index is -0.139. The highest BCUT2D eigenvalue weighted by molar-refractivity contribution is 5.80. The molecule has 0 aliphatic rings. The van der Waals surface area contributed by atoms with Crippen molar-refractivity contribution in [1.29, 1.82) is 0 Å². The zero-order valence-electron chi connectivity index (χ0n) is 15.4. The highest BCUT2D eigenvalue weighted by Gasteiger charge is 2.10. The molecule has 3 rings (SSSR count). The van der Waals surface area contributed by atoms with Crippen LogP contribution in [0.3, 0.4) is 0 Å². The lowest BCUT2D eigenvalue weighted by Gasteiger charge is -2.11. The third-order valence-corrected chi connectivity index (χ3v) is 4.53. The Bertz CT molecular complexity index is 885. The Morgan fingerprint density at radius 1 is 1.07 bits per heavy atom. The van der Waals surface area contributed by atoms with Crippen molar-refractivity contribution in [3.63, 3.8) is 0 Å². The van der Waals surface area contributed by atoms with Crippen LogP contribution >= 0.6 is 0 Å². The Balaban J connectivity index is 1.49. The smallest absolute Gasteiger partial charge is 0.150 e. The number of hydrogen-bond acceptors (Lipinski definition) is 3. The number of carbonyl (C=O) groups is 1. The van der Waals surface area contributed by atoms with E-state index >= 15 is 0 Å². The van der Waals surface area contributed by atoms with Crippen LogP contribution in [0, 0.1) is 12.7 Å². The number of aldehydes is 1. The molecule has 0 amide bonds. The van der Waals surface area contributed by atoms with Gasteiger partial charge in [0, 0.05) is 5.56 Å². The average Bonchev–Trinajstić information content (AvgIpc) is 3.22. The average molecular weight is 366 g/mol. The third kappa shape index (κ3) is 5.07. The summed E-state index contributed by atoms with van der Waals surface area (Å²) >= 11 is 0. The molecule has 2 aromatic carbocycles. The van der Waals surface area contributed by atoms with Gasteiger partial charge in [-0.3, -0.25) is 4.79 Å². The first-order valence-corrected chi connectivity index (χ1v) is 9.18. The van der Waals surface area contributed by atoms with Crippen molar-refractivity contribution in [2.75, 3.05) is 6.61 Å². The topological polar surface area (TPSA) is 39.4 Å². The van der Waals surface area contributed by atoms with Crippen LogP contribution in [0.15, 0.2) is 59.2 Å². The Morgan fingerprint density at radius 2 is 1.96 bits per heavy atom. The zero-order chi connectivity index (χ0) is 19.1.